The zero-order valence-corrected chi connectivity index (χ0v) is 16.7. The standard InChI is InChI=1S/C22H20N2O4S/c1-12-4-9-15-17(11-12)29-21-18(15)20(25)23-19(24-21)13-5-7-14(8-6-13)28-22(26)16-3-2-10-27-16/h2-3,5-8,10,12,19,24H,4,9,11H2,1H3,(H,23,25)/t12-,19+/m0/s1. The highest BCUT2D eigenvalue weighted by Gasteiger charge is 2.33. The Balaban J connectivity index is 1.33. The monoisotopic (exact) mass is 408 g/mol. The second-order valence-corrected chi connectivity index (χ2v) is 8.65. The van der Waals surface area contributed by atoms with E-state index in [0.29, 0.717) is 11.7 Å². The molecule has 6 nitrogen and oxygen atoms in total. The summed E-state index contributed by atoms with van der Waals surface area (Å²) in [5.41, 5.74) is 2.92. The molecule has 2 atom stereocenters. The summed E-state index contributed by atoms with van der Waals surface area (Å²) >= 11 is 1.70. The molecule has 5 rings (SSSR count). The lowest BCUT2D eigenvalue weighted by atomic mass is 9.88. The summed E-state index contributed by atoms with van der Waals surface area (Å²) in [7, 11) is 0. The highest BCUT2D eigenvalue weighted by Crippen LogP contribution is 2.42. The first-order valence-corrected chi connectivity index (χ1v) is 10.5. The summed E-state index contributed by atoms with van der Waals surface area (Å²) in [6.07, 6.45) is 4.25. The van der Waals surface area contributed by atoms with Crippen LogP contribution >= 0.6 is 11.3 Å². The first-order chi connectivity index (χ1) is 14.1. The quantitative estimate of drug-likeness (QED) is 0.491. The predicted octanol–water partition coefficient (Wildman–Crippen LogP) is 4.54. The number of rotatable bonds is 3. The van der Waals surface area contributed by atoms with Crippen LogP contribution in [-0.4, -0.2) is 11.9 Å². The molecule has 0 fully saturated rings. The number of thiophene rings is 1. The van der Waals surface area contributed by atoms with Crippen LogP contribution < -0.4 is 15.4 Å². The van der Waals surface area contributed by atoms with Crippen molar-refractivity contribution < 1.29 is 18.7 Å². The van der Waals surface area contributed by atoms with Gasteiger partial charge in [0.1, 0.15) is 16.9 Å². The van der Waals surface area contributed by atoms with Crippen molar-refractivity contribution in [1.29, 1.82) is 0 Å². The van der Waals surface area contributed by atoms with E-state index in [-0.39, 0.29) is 17.8 Å². The Morgan fingerprint density at radius 3 is 2.79 bits per heavy atom. The fourth-order valence-corrected chi connectivity index (χ4v) is 5.35. The number of furan rings is 1. The van der Waals surface area contributed by atoms with Gasteiger partial charge in [-0.25, -0.2) is 4.79 Å². The number of amides is 1. The Morgan fingerprint density at radius 1 is 1.21 bits per heavy atom. The Bertz CT molecular complexity index is 1070. The average Bonchev–Trinajstić information content (AvgIpc) is 3.36. The van der Waals surface area contributed by atoms with Crippen LogP contribution in [-0.2, 0) is 12.8 Å². The molecular formula is C22H20N2O4S. The number of anilines is 1. The van der Waals surface area contributed by atoms with Gasteiger partial charge in [-0.3, -0.25) is 4.79 Å². The molecule has 1 aliphatic heterocycles. The van der Waals surface area contributed by atoms with E-state index in [2.05, 4.69) is 17.6 Å². The van der Waals surface area contributed by atoms with Crippen LogP contribution in [0.15, 0.2) is 47.1 Å². The predicted molar refractivity (Wildman–Crippen MR) is 109 cm³/mol. The van der Waals surface area contributed by atoms with Gasteiger partial charge in [0.2, 0.25) is 5.76 Å². The highest BCUT2D eigenvalue weighted by atomic mass is 32.1. The molecule has 0 spiro atoms. The van der Waals surface area contributed by atoms with Gasteiger partial charge in [-0.05, 0) is 60.6 Å². The highest BCUT2D eigenvalue weighted by molar-refractivity contribution is 7.16. The molecule has 3 aromatic rings. The molecule has 3 heterocycles. The van der Waals surface area contributed by atoms with Crippen LogP contribution in [0.25, 0.3) is 0 Å². The summed E-state index contributed by atoms with van der Waals surface area (Å²) in [4.78, 5) is 26.1. The van der Waals surface area contributed by atoms with Crippen molar-refractivity contribution >= 4 is 28.2 Å². The number of carbonyl (C=O) groups excluding carboxylic acids is 2. The minimum absolute atomic E-state index is 0.0240. The van der Waals surface area contributed by atoms with Gasteiger partial charge in [0.25, 0.3) is 5.91 Å². The Morgan fingerprint density at radius 2 is 2.03 bits per heavy atom. The van der Waals surface area contributed by atoms with Gasteiger partial charge in [-0.1, -0.05) is 19.1 Å². The normalized spacial score (nSPS) is 20.2. The molecule has 1 amide bonds. The third-order valence-corrected chi connectivity index (χ3v) is 6.62. The zero-order valence-electron chi connectivity index (χ0n) is 15.9. The van der Waals surface area contributed by atoms with Crippen LogP contribution in [0.5, 0.6) is 5.75 Å². The smallest absolute Gasteiger partial charge is 0.379 e. The van der Waals surface area contributed by atoms with Gasteiger partial charge < -0.3 is 19.8 Å². The molecule has 2 aliphatic rings. The van der Waals surface area contributed by atoms with Crippen molar-refractivity contribution in [2.45, 2.75) is 32.4 Å². The molecule has 7 heteroatoms. The second kappa shape index (κ2) is 7.08. The van der Waals surface area contributed by atoms with Crippen molar-refractivity contribution in [2.24, 2.45) is 5.92 Å². The zero-order chi connectivity index (χ0) is 20.0. The lowest BCUT2D eigenvalue weighted by molar-refractivity contribution is 0.0701. The van der Waals surface area contributed by atoms with Crippen LogP contribution in [0.3, 0.4) is 0 Å². The maximum Gasteiger partial charge on any atom is 0.379 e. The van der Waals surface area contributed by atoms with Gasteiger partial charge in [0.15, 0.2) is 0 Å². The first kappa shape index (κ1) is 18.0. The van der Waals surface area contributed by atoms with Gasteiger partial charge in [0.05, 0.1) is 11.8 Å². The van der Waals surface area contributed by atoms with E-state index in [1.54, 1.807) is 35.6 Å². The van der Waals surface area contributed by atoms with Crippen molar-refractivity contribution in [3.63, 3.8) is 0 Å². The third kappa shape index (κ3) is 3.31. The number of fused-ring (bicyclic) bond motifs is 3. The molecule has 0 radical (unpaired) electrons. The lowest BCUT2D eigenvalue weighted by Crippen LogP contribution is -2.38. The van der Waals surface area contributed by atoms with Crippen molar-refractivity contribution in [2.75, 3.05) is 5.32 Å². The molecule has 0 unspecified atom stereocenters. The minimum Gasteiger partial charge on any atom is -0.457 e. The Labute approximate surface area is 171 Å². The molecule has 1 aromatic carbocycles. The number of carbonyl (C=O) groups is 2. The maximum absolute atomic E-state index is 12.8. The summed E-state index contributed by atoms with van der Waals surface area (Å²) in [6, 6.07) is 10.3. The number of benzene rings is 1. The van der Waals surface area contributed by atoms with Crippen LogP contribution in [0, 0.1) is 5.92 Å². The van der Waals surface area contributed by atoms with E-state index in [0.717, 1.165) is 35.4 Å². The summed E-state index contributed by atoms with van der Waals surface area (Å²) in [5.74, 6) is 0.661. The van der Waals surface area contributed by atoms with Crippen LogP contribution in [0.4, 0.5) is 5.00 Å². The first-order valence-electron chi connectivity index (χ1n) is 9.66. The molecule has 2 N–H and O–H groups in total. The minimum atomic E-state index is -0.546. The number of hydrogen-bond acceptors (Lipinski definition) is 6. The molecule has 148 valence electrons. The van der Waals surface area contributed by atoms with Gasteiger partial charge in [-0.2, -0.15) is 0 Å². The van der Waals surface area contributed by atoms with Crippen molar-refractivity contribution in [3.8, 4) is 5.75 Å². The molecule has 0 bridgehead atoms. The third-order valence-electron chi connectivity index (χ3n) is 5.44. The Hall–Kier alpha value is -3.06. The largest absolute Gasteiger partial charge is 0.457 e. The fraction of sp³-hybridized carbons (Fsp3) is 0.273. The summed E-state index contributed by atoms with van der Waals surface area (Å²) in [6.45, 7) is 2.26. The van der Waals surface area contributed by atoms with Gasteiger partial charge in [-0.15, -0.1) is 11.3 Å². The van der Waals surface area contributed by atoms with Crippen LogP contribution in [0.1, 0.15) is 56.4 Å². The number of esters is 1. The molecule has 1 aliphatic carbocycles. The number of ether oxygens (including phenoxy) is 1. The summed E-state index contributed by atoms with van der Waals surface area (Å²) in [5, 5.41) is 7.47. The van der Waals surface area contributed by atoms with Gasteiger partial charge >= 0.3 is 5.97 Å². The molecule has 2 aromatic heterocycles. The fourth-order valence-electron chi connectivity index (χ4n) is 3.91. The number of nitrogens with one attached hydrogen (secondary N) is 2. The molecule has 0 saturated carbocycles. The second-order valence-electron chi connectivity index (χ2n) is 7.54. The summed E-state index contributed by atoms with van der Waals surface area (Å²) < 4.78 is 10.3. The molecular weight excluding hydrogens is 388 g/mol. The van der Waals surface area contributed by atoms with Crippen molar-refractivity contribution in [1.82, 2.24) is 5.32 Å². The van der Waals surface area contributed by atoms with E-state index in [1.807, 2.05) is 12.1 Å². The van der Waals surface area contributed by atoms with Gasteiger partial charge in [0, 0.05) is 4.88 Å². The van der Waals surface area contributed by atoms with Crippen LogP contribution in [0.2, 0.25) is 0 Å². The Kier molecular flexibility index (Phi) is 4.39. The SMILES string of the molecule is C[C@H]1CCc2c(sc3c2C(=O)N[C@@H](c2ccc(OC(=O)c4ccco4)cc2)N3)C1. The van der Waals surface area contributed by atoms with E-state index >= 15 is 0 Å². The van der Waals surface area contributed by atoms with Crippen molar-refractivity contribution in [3.05, 3.63) is 70.0 Å². The molecule has 29 heavy (non-hydrogen) atoms. The topological polar surface area (TPSA) is 80.6 Å². The van der Waals surface area contributed by atoms with E-state index in [9.17, 15) is 9.59 Å². The molecule has 0 saturated heterocycles. The van der Waals surface area contributed by atoms with E-state index in [1.165, 1.54) is 16.7 Å². The average molecular weight is 408 g/mol. The van der Waals surface area contributed by atoms with E-state index < -0.39 is 5.97 Å². The number of hydrogen-bond donors (Lipinski definition) is 2. The van der Waals surface area contributed by atoms with E-state index in [4.69, 9.17) is 9.15 Å². The maximum atomic E-state index is 12.8. The lowest BCUT2D eigenvalue weighted by Gasteiger charge is -2.27.